The smallest absolute Gasteiger partial charge is 0.336 e. The summed E-state index contributed by atoms with van der Waals surface area (Å²) in [6, 6.07) is 9.10. The van der Waals surface area contributed by atoms with E-state index >= 15 is 0 Å². The van der Waals surface area contributed by atoms with Crippen molar-refractivity contribution >= 4 is 28.5 Å². The average molecular weight is 468 g/mol. The van der Waals surface area contributed by atoms with E-state index in [4.69, 9.17) is 13.6 Å². The first-order chi connectivity index (χ1) is 16.3. The van der Waals surface area contributed by atoms with E-state index in [0.29, 0.717) is 16.6 Å². The van der Waals surface area contributed by atoms with E-state index in [0.717, 1.165) is 12.1 Å². The van der Waals surface area contributed by atoms with Gasteiger partial charge in [0, 0.05) is 48.2 Å². The summed E-state index contributed by atoms with van der Waals surface area (Å²) in [4.78, 5) is 39.3. The van der Waals surface area contributed by atoms with Crippen molar-refractivity contribution in [3.63, 3.8) is 0 Å². The van der Waals surface area contributed by atoms with Crippen molar-refractivity contribution in [2.45, 2.75) is 26.4 Å². The molecule has 8 nitrogen and oxygen atoms in total. The number of carbonyl (C=O) groups is 2. The lowest BCUT2D eigenvalue weighted by atomic mass is 10.1. The summed E-state index contributed by atoms with van der Waals surface area (Å²) in [7, 11) is 0. The maximum atomic E-state index is 13.9. The van der Waals surface area contributed by atoms with E-state index in [2.05, 4.69) is 10.3 Å². The van der Waals surface area contributed by atoms with Crippen LogP contribution in [0.5, 0.6) is 0 Å². The highest BCUT2D eigenvalue weighted by molar-refractivity contribution is 5.92. The van der Waals surface area contributed by atoms with Crippen LogP contribution in [0.2, 0.25) is 0 Å². The molecule has 0 aliphatic heterocycles. The van der Waals surface area contributed by atoms with Gasteiger partial charge in [0.1, 0.15) is 23.8 Å². The quantitative estimate of drug-likeness (QED) is 0.317. The summed E-state index contributed by atoms with van der Waals surface area (Å²) in [6.07, 6.45) is 1.32. The van der Waals surface area contributed by atoms with Gasteiger partial charge in [-0.25, -0.2) is 18.6 Å². The van der Waals surface area contributed by atoms with Crippen molar-refractivity contribution < 1.29 is 31.9 Å². The summed E-state index contributed by atoms with van der Waals surface area (Å²) in [6.45, 7) is 1.19. The fraction of sp³-hybridized carbons (Fsp3) is 0.167. The number of benzene rings is 2. The van der Waals surface area contributed by atoms with E-state index in [1.54, 1.807) is 12.1 Å². The first-order valence-electron chi connectivity index (χ1n) is 10.2. The number of hydrogen-bond acceptors (Lipinski definition) is 7. The highest BCUT2D eigenvalue weighted by atomic mass is 19.1. The van der Waals surface area contributed by atoms with Gasteiger partial charge in [-0.15, -0.1) is 0 Å². The fourth-order valence-electron chi connectivity index (χ4n) is 3.31. The lowest BCUT2D eigenvalue weighted by Crippen LogP contribution is -2.09. The fourth-order valence-corrected chi connectivity index (χ4v) is 3.31. The average Bonchev–Trinajstić information content (AvgIpc) is 3.24. The summed E-state index contributed by atoms with van der Waals surface area (Å²) in [5, 5.41) is 3.15. The van der Waals surface area contributed by atoms with Crippen molar-refractivity contribution in [1.82, 2.24) is 4.98 Å². The zero-order valence-corrected chi connectivity index (χ0v) is 17.9. The number of amides is 1. The maximum absolute atomic E-state index is 13.9. The number of halogens is 2. The Morgan fingerprint density at radius 2 is 1.91 bits per heavy atom. The first-order valence-corrected chi connectivity index (χ1v) is 10.2. The van der Waals surface area contributed by atoms with Crippen LogP contribution in [-0.2, 0) is 27.4 Å². The third-order valence-electron chi connectivity index (χ3n) is 4.83. The second-order valence-corrected chi connectivity index (χ2v) is 7.39. The minimum atomic E-state index is -0.786. The molecule has 0 saturated carbocycles. The maximum Gasteiger partial charge on any atom is 0.336 e. The van der Waals surface area contributed by atoms with Crippen LogP contribution in [0, 0.1) is 11.6 Å². The van der Waals surface area contributed by atoms with Gasteiger partial charge < -0.3 is 18.9 Å². The lowest BCUT2D eigenvalue weighted by Gasteiger charge is -2.08. The topological polar surface area (TPSA) is 112 Å². The monoisotopic (exact) mass is 468 g/mol. The first kappa shape index (κ1) is 22.8. The minimum Gasteiger partial charge on any atom is -0.461 e. The highest BCUT2D eigenvalue weighted by Gasteiger charge is 2.14. The number of nitrogens with zero attached hydrogens (tertiary/aromatic N) is 1. The van der Waals surface area contributed by atoms with Gasteiger partial charge >= 0.3 is 11.6 Å². The Kier molecular flexibility index (Phi) is 6.48. The van der Waals surface area contributed by atoms with Gasteiger partial charge in [0.15, 0.2) is 11.7 Å². The van der Waals surface area contributed by atoms with Crippen LogP contribution in [0.1, 0.15) is 24.8 Å². The largest absolute Gasteiger partial charge is 0.461 e. The molecule has 2 heterocycles. The van der Waals surface area contributed by atoms with Gasteiger partial charge in [-0.1, -0.05) is 0 Å². The number of carbonyl (C=O) groups excluding carboxylic acids is 2. The Bertz CT molecular complexity index is 1440. The zero-order chi connectivity index (χ0) is 24.2. The van der Waals surface area contributed by atoms with Gasteiger partial charge in [-0.3, -0.25) is 9.59 Å². The Morgan fingerprint density at radius 1 is 1.09 bits per heavy atom. The number of aromatic nitrogens is 1. The van der Waals surface area contributed by atoms with Crippen molar-refractivity contribution in [1.29, 1.82) is 0 Å². The third kappa shape index (κ3) is 5.34. The molecular weight excluding hydrogens is 450 g/mol. The Hall–Kier alpha value is -4.34. The number of ether oxygens (including phenoxy) is 1. The number of hydrogen-bond donors (Lipinski definition) is 1. The SMILES string of the molecule is CC(=O)Nc1ccc2c(COC(=O)CCc3ncc(-c4ccc(F)cc4F)o3)cc(=O)oc2c1. The molecule has 4 aromatic rings. The number of aryl methyl sites for hydroxylation is 1. The van der Waals surface area contributed by atoms with Crippen molar-refractivity contribution in [2.24, 2.45) is 0 Å². The molecule has 10 heteroatoms. The van der Waals surface area contributed by atoms with Crippen LogP contribution in [0.4, 0.5) is 14.5 Å². The van der Waals surface area contributed by atoms with E-state index in [1.807, 2.05) is 0 Å². The Labute approximate surface area is 191 Å². The van der Waals surface area contributed by atoms with Crippen LogP contribution in [0.3, 0.4) is 0 Å². The molecule has 4 rings (SSSR count). The van der Waals surface area contributed by atoms with E-state index in [1.165, 1.54) is 31.3 Å². The number of nitrogens with one attached hydrogen (secondary N) is 1. The summed E-state index contributed by atoms with van der Waals surface area (Å²) in [5.41, 5.74) is 0.575. The van der Waals surface area contributed by atoms with E-state index in [-0.39, 0.29) is 48.2 Å². The summed E-state index contributed by atoms with van der Waals surface area (Å²) < 4.78 is 42.9. The molecule has 2 aromatic carbocycles. The summed E-state index contributed by atoms with van der Waals surface area (Å²) in [5.74, 6) is -2.03. The molecule has 174 valence electrons. The molecule has 1 N–H and O–H groups in total. The van der Waals surface area contributed by atoms with Gasteiger partial charge in [0.25, 0.3) is 0 Å². The van der Waals surface area contributed by atoms with E-state index in [9.17, 15) is 23.2 Å². The zero-order valence-electron chi connectivity index (χ0n) is 17.9. The summed E-state index contributed by atoms with van der Waals surface area (Å²) >= 11 is 0. The molecule has 34 heavy (non-hydrogen) atoms. The van der Waals surface area contributed by atoms with Crippen LogP contribution in [0.25, 0.3) is 22.3 Å². The van der Waals surface area contributed by atoms with E-state index < -0.39 is 23.2 Å². The molecule has 1 amide bonds. The molecule has 0 aliphatic carbocycles. The molecule has 0 radical (unpaired) electrons. The van der Waals surface area contributed by atoms with Gasteiger partial charge in [0.2, 0.25) is 5.91 Å². The molecule has 0 unspecified atom stereocenters. The highest BCUT2D eigenvalue weighted by Crippen LogP contribution is 2.25. The van der Waals surface area contributed by atoms with Crippen molar-refractivity contribution in [3.8, 4) is 11.3 Å². The minimum absolute atomic E-state index is 0.0548. The number of oxazole rings is 1. The molecule has 0 fully saturated rings. The predicted molar refractivity (Wildman–Crippen MR) is 117 cm³/mol. The number of esters is 1. The molecule has 0 aliphatic rings. The van der Waals surface area contributed by atoms with Crippen LogP contribution >= 0.6 is 0 Å². The Morgan fingerprint density at radius 3 is 2.68 bits per heavy atom. The molecule has 2 aromatic heterocycles. The molecule has 0 atom stereocenters. The molecule has 0 saturated heterocycles. The van der Waals surface area contributed by atoms with Crippen LogP contribution < -0.4 is 10.9 Å². The second-order valence-electron chi connectivity index (χ2n) is 7.39. The standard InChI is InChI=1S/C24H18F2N2O6/c1-13(29)28-16-3-5-17-14(8-24(31)34-20(17)10-16)12-32-23(30)7-6-22-27-11-21(33-22)18-4-2-15(25)9-19(18)26/h2-5,8-11H,6-7,12H2,1H3,(H,28,29). The van der Waals surface area contributed by atoms with Crippen molar-refractivity contribution in [2.75, 3.05) is 5.32 Å². The predicted octanol–water partition coefficient (Wildman–Crippen LogP) is 4.36. The molecular formula is C24H18F2N2O6. The second kappa shape index (κ2) is 9.65. The van der Waals surface area contributed by atoms with Gasteiger partial charge in [-0.05, 0) is 24.3 Å². The van der Waals surface area contributed by atoms with Crippen LogP contribution in [0.15, 0.2) is 62.3 Å². The van der Waals surface area contributed by atoms with Crippen LogP contribution in [-0.4, -0.2) is 16.9 Å². The Balaban J connectivity index is 1.38. The molecule has 0 bridgehead atoms. The van der Waals surface area contributed by atoms with Crippen molar-refractivity contribution in [3.05, 3.63) is 82.2 Å². The normalized spacial score (nSPS) is 10.9. The lowest BCUT2D eigenvalue weighted by molar-refractivity contribution is -0.145. The number of rotatable bonds is 7. The van der Waals surface area contributed by atoms with Gasteiger partial charge in [-0.2, -0.15) is 0 Å². The number of fused-ring (bicyclic) bond motifs is 1. The van der Waals surface area contributed by atoms with Gasteiger partial charge in [0.05, 0.1) is 18.2 Å². The molecule has 0 spiro atoms. The number of anilines is 1. The third-order valence-corrected chi connectivity index (χ3v) is 4.83.